The molecule has 2 aliphatic carbocycles. The third-order valence-corrected chi connectivity index (χ3v) is 5.78. The minimum absolute atomic E-state index is 0.00239. The summed E-state index contributed by atoms with van der Waals surface area (Å²) in [6, 6.07) is 0. The van der Waals surface area contributed by atoms with Crippen molar-refractivity contribution in [3.63, 3.8) is 0 Å². The summed E-state index contributed by atoms with van der Waals surface area (Å²) in [5.41, 5.74) is 1.28. The van der Waals surface area contributed by atoms with Gasteiger partial charge in [-0.15, -0.1) is 11.3 Å². The minimum atomic E-state index is -0.917. The molecule has 2 aliphatic rings. The molecule has 5 heteroatoms. The lowest BCUT2D eigenvalue weighted by atomic mass is 9.97. The Morgan fingerprint density at radius 2 is 2.05 bits per heavy atom. The molecule has 3 rings (SSSR count). The van der Waals surface area contributed by atoms with Crippen LogP contribution in [-0.4, -0.2) is 17.0 Å². The van der Waals surface area contributed by atoms with Gasteiger partial charge in [-0.2, -0.15) is 0 Å². The number of aryl methyl sites for hydroxylation is 1. The molecule has 0 spiro atoms. The third-order valence-electron chi connectivity index (χ3n) is 4.57. The number of carbonyl (C=O) groups excluding carboxylic acids is 1. The normalized spacial score (nSPS) is 24.6. The van der Waals surface area contributed by atoms with E-state index in [1.807, 2.05) is 0 Å². The predicted molar refractivity (Wildman–Crippen MR) is 78.4 cm³/mol. The van der Waals surface area contributed by atoms with Crippen molar-refractivity contribution in [3.8, 4) is 0 Å². The lowest BCUT2D eigenvalue weighted by molar-refractivity contribution is -0.120. The molecular formula is C15H19NO3S. The predicted octanol–water partition coefficient (Wildman–Crippen LogP) is 3.31. The molecule has 108 valence electrons. The molecule has 0 bridgehead atoms. The highest BCUT2D eigenvalue weighted by atomic mass is 32.1. The van der Waals surface area contributed by atoms with Crippen LogP contribution in [0.15, 0.2) is 0 Å². The van der Waals surface area contributed by atoms with E-state index in [0.717, 1.165) is 49.0 Å². The Balaban J connectivity index is 1.84. The number of nitrogens with one attached hydrogen (secondary N) is 1. The Kier molecular flexibility index (Phi) is 3.54. The van der Waals surface area contributed by atoms with Gasteiger partial charge in [0.15, 0.2) is 0 Å². The van der Waals surface area contributed by atoms with Gasteiger partial charge < -0.3 is 10.4 Å². The summed E-state index contributed by atoms with van der Waals surface area (Å²) < 4.78 is 0. The van der Waals surface area contributed by atoms with Crippen molar-refractivity contribution in [2.45, 2.75) is 45.4 Å². The molecule has 0 aromatic carbocycles. The van der Waals surface area contributed by atoms with Crippen LogP contribution < -0.4 is 5.32 Å². The number of thiophene rings is 1. The van der Waals surface area contributed by atoms with E-state index in [9.17, 15) is 14.7 Å². The zero-order valence-corrected chi connectivity index (χ0v) is 12.4. The number of amides is 1. The summed E-state index contributed by atoms with van der Waals surface area (Å²) in [5.74, 6) is -0.486. The molecule has 2 unspecified atom stereocenters. The average molecular weight is 293 g/mol. The first-order valence-corrected chi connectivity index (χ1v) is 8.08. The fourth-order valence-electron chi connectivity index (χ4n) is 3.46. The van der Waals surface area contributed by atoms with Crippen LogP contribution in [0.1, 0.15) is 53.4 Å². The number of aromatic carboxylic acids is 1. The van der Waals surface area contributed by atoms with Gasteiger partial charge in [-0.05, 0) is 43.6 Å². The molecule has 0 radical (unpaired) electrons. The third kappa shape index (κ3) is 2.24. The molecule has 1 heterocycles. The van der Waals surface area contributed by atoms with Gasteiger partial charge >= 0.3 is 5.97 Å². The molecular weight excluding hydrogens is 274 g/mol. The first kappa shape index (κ1) is 13.6. The van der Waals surface area contributed by atoms with Crippen LogP contribution in [-0.2, 0) is 17.6 Å². The van der Waals surface area contributed by atoms with Crippen molar-refractivity contribution < 1.29 is 14.7 Å². The highest BCUT2D eigenvalue weighted by Crippen LogP contribution is 2.40. The van der Waals surface area contributed by atoms with Crippen LogP contribution in [0.4, 0.5) is 5.00 Å². The van der Waals surface area contributed by atoms with E-state index in [1.54, 1.807) is 0 Å². The molecule has 1 fully saturated rings. The van der Waals surface area contributed by atoms with E-state index in [2.05, 4.69) is 12.2 Å². The number of hydrogen-bond donors (Lipinski definition) is 2. The molecule has 1 aromatic heterocycles. The minimum Gasteiger partial charge on any atom is -0.478 e. The summed E-state index contributed by atoms with van der Waals surface area (Å²) in [5, 5.41) is 12.8. The van der Waals surface area contributed by atoms with Crippen molar-refractivity contribution in [3.05, 3.63) is 16.0 Å². The van der Waals surface area contributed by atoms with Crippen LogP contribution in [0.3, 0.4) is 0 Å². The summed E-state index contributed by atoms with van der Waals surface area (Å²) in [6.45, 7) is 2.10. The standard InChI is InChI=1S/C15H19NO3S/c1-8-4-2-5-9(8)13(17)16-14-12(15(18)19)10-6-3-7-11(10)20-14/h8-9H,2-7H2,1H3,(H,16,17)(H,18,19). The Morgan fingerprint density at radius 1 is 1.25 bits per heavy atom. The van der Waals surface area contributed by atoms with Crippen LogP contribution in [0.25, 0.3) is 0 Å². The second kappa shape index (κ2) is 5.20. The summed E-state index contributed by atoms with van der Waals surface area (Å²) in [7, 11) is 0. The van der Waals surface area contributed by atoms with Crippen LogP contribution in [0.2, 0.25) is 0 Å². The van der Waals surface area contributed by atoms with Gasteiger partial charge in [-0.1, -0.05) is 13.3 Å². The van der Waals surface area contributed by atoms with Crippen LogP contribution in [0.5, 0.6) is 0 Å². The second-order valence-corrected chi connectivity index (χ2v) is 6.98. The van der Waals surface area contributed by atoms with Gasteiger partial charge in [-0.25, -0.2) is 4.79 Å². The molecule has 1 aromatic rings. The van der Waals surface area contributed by atoms with E-state index < -0.39 is 5.97 Å². The van der Waals surface area contributed by atoms with Gasteiger partial charge in [0.1, 0.15) is 5.00 Å². The van der Waals surface area contributed by atoms with Crippen molar-refractivity contribution in [1.29, 1.82) is 0 Å². The number of carboxylic acids is 1. The zero-order chi connectivity index (χ0) is 14.3. The van der Waals surface area contributed by atoms with E-state index >= 15 is 0 Å². The maximum Gasteiger partial charge on any atom is 0.339 e. The molecule has 0 aliphatic heterocycles. The molecule has 4 nitrogen and oxygen atoms in total. The zero-order valence-electron chi connectivity index (χ0n) is 11.6. The summed E-state index contributed by atoms with van der Waals surface area (Å²) in [4.78, 5) is 24.9. The van der Waals surface area contributed by atoms with E-state index in [-0.39, 0.29) is 11.8 Å². The van der Waals surface area contributed by atoms with Gasteiger partial charge in [0.25, 0.3) is 0 Å². The van der Waals surface area contributed by atoms with Crippen LogP contribution in [0, 0.1) is 11.8 Å². The maximum atomic E-state index is 12.3. The van der Waals surface area contributed by atoms with Gasteiger partial charge in [0, 0.05) is 10.8 Å². The van der Waals surface area contributed by atoms with Crippen molar-refractivity contribution >= 4 is 28.2 Å². The summed E-state index contributed by atoms with van der Waals surface area (Å²) >= 11 is 1.45. The lowest BCUT2D eigenvalue weighted by Crippen LogP contribution is -2.25. The molecule has 2 N–H and O–H groups in total. The van der Waals surface area contributed by atoms with Gasteiger partial charge in [-0.3, -0.25) is 4.79 Å². The molecule has 20 heavy (non-hydrogen) atoms. The van der Waals surface area contributed by atoms with E-state index in [0.29, 0.717) is 16.5 Å². The number of hydrogen-bond acceptors (Lipinski definition) is 3. The fraction of sp³-hybridized carbons (Fsp3) is 0.600. The average Bonchev–Trinajstić information content (AvgIpc) is 3.03. The number of rotatable bonds is 3. The van der Waals surface area contributed by atoms with E-state index in [1.165, 1.54) is 11.3 Å². The number of fused-ring (bicyclic) bond motifs is 1. The highest BCUT2D eigenvalue weighted by Gasteiger charge is 2.32. The van der Waals surface area contributed by atoms with Gasteiger partial charge in [0.05, 0.1) is 5.56 Å². The van der Waals surface area contributed by atoms with Crippen molar-refractivity contribution in [2.75, 3.05) is 5.32 Å². The number of carbonyl (C=O) groups is 2. The molecule has 1 amide bonds. The fourth-order valence-corrected chi connectivity index (χ4v) is 4.74. The van der Waals surface area contributed by atoms with Crippen LogP contribution >= 0.6 is 11.3 Å². The Morgan fingerprint density at radius 3 is 2.70 bits per heavy atom. The number of carboxylic acid groups (broad SMARTS) is 1. The molecule has 1 saturated carbocycles. The Labute approximate surface area is 122 Å². The Hall–Kier alpha value is -1.36. The SMILES string of the molecule is CC1CCCC1C(=O)Nc1sc2c(c1C(=O)O)CCC2. The second-order valence-electron chi connectivity index (χ2n) is 5.87. The summed E-state index contributed by atoms with van der Waals surface area (Å²) in [6.07, 6.45) is 5.88. The van der Waals surface area contributed by atoms with Crippen molar-refractivity contribution in [2.24, 2.45) is 11.8 Å². The largest absolute Gasteiger partial charge is 0.478 e. The molecule has 0 saturated heterocycles. The first-order chi connectivity index (χ1) is 9.58. The highest BCUT2D eigenvalue weighted by molar-refractivity contribution is 7.17. The Bertz CT molecular complexity index is 564. The lowest BCUT2D eigenvalue weighted by Gasteiger charge is -2.14. The monoisotopic (exact) mass is 293 g/mol. The molecule has 2 atom stereocenters. The van der Waals surface area contributed by atoms with Crippen molar-refractivity contribution in [1.82, 2.24) is 0 Å². The van der Waals surface area contributed by atoms with Gasteiger partial charge in [0.2, 0.25) is 5.91 Å². The quantitative estimate of drug-likeness (QED) is 0.898. The maximum absolute atomic E-state index is 12.3. The topological polar surface area (TPSA) is 66.4 Å². The number of anilines is 1. The van der Waals surface area contributed by atoms with E-state index in [4.69, 9.17) is 0 Å². The first-order valence-electron chi connectivity index (χ1n) is 7.26. The smallest absolute Gasteiger partial charge is 0.339 e.